The first-order valence-electron chi connectivity index (χ1n) is 5.74. The predicted molar refractivity (Wildman–Crippen MR) is 67.5 cm³/mol. The molecular formula is C12H18ClNS. The van der Waals surface area contributed by atoms with Crippen LogP contribution in [0.3, 0.4) is 0 Å². The average Bonchev–Trinajstić information content (AvgIpc) is 2.85. The first kappa shape index (κ1) is 11.4. The maximum Gasteiger partial charge on any atom is 0.0931 e. The molecule has 1 unspecified atom stereocenters. The van der Waals surface area contributed by atoms with Crippen molar-refractivity contribution >= 4 is 22.9 Å². The zero-order valence-electron chi connectivity index (χ0n) is 8.92. The molecule has 1 aliphatic rings. The molecule has 0 aliphatic heterocycles. The average molecular weight is 244 g/mol. The largest absolute Gasteiger partial charge is 0.330 e. The molecule has 2 rings (SSSR count). The number of rotatable bonds is 4. The van der Waals surface area contributed by atoms with Crippen LogP contribution in [-0.2, 0) is 6.42 Å². The van der Waals surface area contributed by atoms with E-state index < -0.39 is 0 Å². The molecule has 1 fully saturated rings. The second-order valence-electron chi connectivity index (χ2n) is 4.45. The minimum Gasteiger partial charge on any atom is -0.330 e. The normalized spacial score (nSPS) is 19.6. The first-order valence-corrected chi connectivity index (χ1v) is 6.93. The van der Waals surface area contributed by atoms with Gasteiger partial charge in [-0.05, 0) is 36.9 Å². The molecule has 0 saturated heterocycles. The molecular weight excluding hydrogens is 226 g/mol. The number of nitrogens with two attached hydrogens (primary N) is 1. The molecule has 2 N–H and O–H groups in total. The smallest absolute Gasteiger partial charge is 0.0931 e. The van der Waals surface area contributed by atoms with Crippen molar-refractivity contribution in [3.63, 3.8) is 0 Å². The Labute approximate surface area is 101 Å². The number of hydrogen-bond donors (Lipinski definition) is 1. The topological polar surface area (TPSA) is 26.0 Å². The summed E-state index contributed by atoms with van der Waals surface area (Å²) in [5, 5.41) is 0. The lowest BCUT2D eigenvalue weighted by atomic mass is 9.88. The van der Waals surface area contributed by atoms with Gasteiger partial charge in [-0.15, -0.1) is 11.3 Å². The van der Waals surface area contributed by atoms with Crippen LogP contribution in [0.5, 0.6) is 0 Å². The van der Waals surface area contributed by atoms with Gasteiger partial charge in [-0.2, -0.15) is 0 Å². The summed E-state index contributed by atoms with van der Waals surface area (Å²) in [4.78, 5) is 1.39. The highest BCUT2D eigenvalue weighted by Crippen LogP contribution is 2.34. The van der Waals surface area contributed by atoms with E-state index >= 15 is 0 Å². The molecule has 0 spiro atoms. The molecule has 3 heteroatoms. The summed E-state index contributed by atoms with van der Waals surface area (Å²) in [6, 6.07) is 4.13. The summed E-state index contributed by atoms with van der Waals surface area (Å²) < 4.78 is 0.896. The summed E-state index contributed by atoms with van der Waals surface area (Å²) in [6.07, 6.45) is 6.67. The van der Waals surface area contributed by atoms with Crippen LogP contribution in [0.25, 0.3) is 0 Å². The van der Waals surface area contributed by atoms with Gasteiger partial charge < -0.3 is 5.73 Å². The highest BCUT2D eigenvalue weighted by Gasteiger charge is 2.24. The molecule has 0 radical (unpaired) electrons. The molecule has 0 amide bonds. The van der Waals surface area contributed by atoms with E-state index in [2.05, 4.69) is 6.07 Å². The lowest BCUT2D eigenvalue weighted by Crippen LogP contribution is -2.23. The van der Waals surface area contributed by atoms with Gasteiger partial charge in [0.25, 0.3) is 0 Å². The second-order valence-corrected chi connectivity index (χ2v) is 6.25. The van der Waals surface area contributed by atoms with Gasteiger partial charge in [0, 0.05) is 4.88 Å². The third-order valence-corrected chi connectivity index (χ3v) is 4.71. The Morgan fingerprint density at radius 3 is 2.67 bits per heavy atom. The van der Waals surface area contributed by atoms with E-state index in [9.17, 15) is 0 Å². The van der Waals surface area contributed by atoms with Gasteiger partial charge in [0.15, 0.2) is 0 Å². The molecule has 1 aromatic heterocycles. The third-order valence-electron chi connectivity index (χ3n) is 3.46. The van der Waals surface area contributed by atoms with Crippen LogP contribution in [0, 0.1) is 11.8 Å². The highest BCUT2D eigenvalue weighted by atomic mass is 35.5. The van der Waals surface area contributed by atoms with Crippen molar-refractivity contribution in [2.45, 2.75) is 32.1 Å². The monoisotopic (exact) mass is 243 g/mol. The molecule has 0 bridgehead atoms. The Bertz CT molecular complexity index is 304. The summed E-state index contributed by atoms with van der Waals surface area (Å²) in [5.41, 5.74) is 5.88. The van der Waals surface area contributed by atoms with Gasteiger partial charge in [-0.3, -0.25) is 0 Å². The maximum absolute atomic E-state index is 5.93. The molecule has 1 saturated carbocycles. The Kier molecular flexibility index (Phi) is 4.06. The van der Waals surface area contributed by atoms with Crippen LogP contribution in [-0.4, -0.2) is 6.54 Å². The van der Waals surface area contributed by atoms with Crippen LogP contribution in [0.4, 0.5) is 0 Å². The fourth-order valence-corrected chi connectivity index (χ4v) is 3.77. The van der Waals surface area contributed by atoms with Crippen LogP contribution >= 0.6 is 22.9 Å². The summed E-state index contributed by atoms with van der Waals surface area (Å²) >= 11 is 7.63. The minimum absolute atomic E-state index is 0.669. The Balaban J connectivity index is 1.95. The number of thiophene rings is 1. The molecule has 15 heavy (non-hydrogen) atoms. The highest BCUT2D eigenvalue weighted by molar-refractivity contribution is 7.16. The van der Waals surface area contributed by atoms with Gasteiger partial charge in [0.1, 0.15) is 0 Å². The third kappa shape index (κ3) is 2.96. The van der Waals surface area contributed by atoms with Crippen molar-refractivity contribution in [1.82, 2.24) is 0 Å². The standard InChI is InChI=1S/C12H18ClNS/c13-12-6-5-11(15-12)7-10(8-14)9-3-1-2-4-9/h5-6,9-10H,1-4,7-8,14H2. The fourth-order valence-electron chi connectivity index (χ4n) is 2.59. The van der Waals surface area contributed by atoms with Crippen molar-refractivity contribution in [3.05, 3.63) is 21.3 Å². The van der Waals surface area contributed by atoms with Crippen LogP contribution < -0.4 is 5.73 Å². The molecule has 1 heterocycles. The number of halogens is 1. The van der Waals surface area contributed by atoms with Gasteiger partial charge in [-0.1, -0.05) is 37.3 Å². The van der Waals surface area contributed by atoms with Gasteiger partial charge >= 0.3 is 0 Å². The van der Waals surface area contributed by atoms with Gasteiger partial charge in [0.05, 0.1) is 4.34 Å². The second kappa shape index (κ2) is 5.33. The van der Waals surface area contributed by atoms with Gasteiger partial charge in [-0.25, -0.2) is 0 Å². The minimum atomic E-state index is 0.669. The van der Waals surface area contributed by atoms with E-state index in [0.29, 0.717) is 5.92 Å². The van der Waals surface area contributed by atoms with E-state index in [1.54, 1.807) is 11.3 Å². The van der Waals surface area contributed by atoms with E-state index in [1.165, 1.54) is 30.6 Å². The van der Waals surface area contributed by atoms with Crippen molar-refractivity contribution < 1.29 is 0 Å². The fraction of sp³-hybridized carbons (Fsp3) is 0.667. The Morgan fingerprint density at radius 2 is 2.13 bits per heavy atom. The Morgan fingerprint density at radius 1 is 1.40 bits per heavy atom. The Hall–Kier alpha value is -0.0500. The van der Waals surface area contributed by atoms with Crippen molar-refractivity contribution in [3.8, 4) is 0 Å². The molecule has 1 aliphatic carbocycles. The zero-order valence-corrected chi connectivity index (χ0v) is 10.5. The molecule has 1 nitrogen and oxygen atoms in total. The van der Waals surface area contributed by atoms with Crippen LogP contribution in [0.15, 0.2) is 12.1 Å². The van der Waals surface area contributed by atoms with Crippen molar-refractivity contribution in [2.24, 2.45) is 17.6 Å². The lowest BCUT2D eigenvalue weighted by Gasteiger charge is -2.20. The van der Waals surface area contributed by atoms with Gasteiger partial charge in [0.2, 0.25) is 0 Å². The summed E-state index contributed by atoms with van der Waals surface area (Å²) in [7, 11) is 0. The SMILES string of the molecule is NCC(Cc1ccc(Cl)s1)C1CCCC1. The van der Waals surface area contributed by atoms with Crippen molar-refractivity contribution in [2.75, 3.05) is 6.54 Å². The number of hydrogen-bond acceptors (Lipinski definition) is 2. The molecule has 84 valence electrons. The molecule has 0 aromatic carbocycles. The molecule has 1 aromatic rings. The van der Waals surface area contributed by atoms with E-state index in [4.69, 9.17) is 17.3 Å². The quantitative estimate of drug-likeness (QED) is 0.857. The lowest BCUT2D eigenvalue weighted by molar-refractivity contribution is 0.346. The van der Waals surface area contributed by atoms with Crippen LogP contribution in [0.1, 0.15) is 30.6 Å². The van der Waals surface area contributed by atoms with E-state index in [1.807, 2.05) is 6.07 Å². The molecule has 1 atom stereocenters. The predicted octanol–water partition coefficient (Wildman–Crippen LogP) is 3.71. The maximum atomic E-state index is 5.93. The van der Waals surface area contributed by atoms with E-state index in [0.717, 1.165) is 23.2 Å². The van der Waals surface area contributed by atoms with E-state index in [-0.39, 0.29) is 0 Å². The zero-order chi connectivity index (χ0) is 10.7. The van der Waals surface area contributed by atoms with Crippen molar-refractivity contribution in [1.29, 1.82) is 0 Å². The van der Waals surface area contributed by atoms with Crippen LogP contribution in [0.2, 0.25) is 4.34 Å². The summed E-state index contributed by atoms with van der Waals surface area (Å²) in [6.45, 7) is 0.820. The first-order chi connectivity index (χ1) is 7.29. The summed E-state index contributed by atoms with van der Waals surface area (Å²) in [5.74, 6) is 1.53.